The Morgan fingerprint density at radius 3 is 3.00 bits per heavy atom. The summed E-state index contributed by atoms with van der Waals surface area (Å²) in [7, 11) is 0. The van der Waals surface area contributed by atoms with Crippen molar-refractivity contribution in [1.29, 1.82) is 0 Å². The molecule has 2 nitrogen and oxygen atoms in total. The zero-order valence-electron chi connectivity index (χ0n) is 5.54. The maximum absolute atomic E-state index is 3.87. The van der Waals surface area contributed by atoms with E-state index in [0.29, 0.717) is 0 Å². The Bertz CT molecular complexity index is 339. The number of aromatic nitrogens is 2. The smallest absolute Gasteiger partial charge is 0.0573 e. The molecule has 2 heterocycles. The average Bonchev–Trinajstić information content (AvgIpc) is 2.55. The van der Waals surface area contributed by atoms with Crippen LogP contribution in [0, 0.1) is 0 Å². The fourth-order valence-electron chi connectivity index (χ4n) is 0.850. The van der Waals surface area contributed by atoms with Crippen LogP contribution in [0.1, 0.15) is 0 Å². The highest BCUT2D eigenvalue weighted by Gasteiger charge is 2.00. The van der Waals surface area contributed by atoms with Gasteiger partial charge in [0.15, 0.2) is 0 Å². The first-order chi connectivity index (χ1) is 5.36. The number of halogens is 1. The highest BCUT2D eigenvalue weighted by atomic mass is 79.9. The molecule has 0 aliphatic rings. The SMILES string of the molecule is Brc1csc(-c2cn[nH]c2)c1. The third kappa shape index (κ3) is 1.36. The molecule has 2 aromatic rings. The number of H-pyrrole nitrogens is 1. The second-order valence-electron chi connectivity index (χ2n) is 2.12. The molecule has 4 heteroatoms. The van der Waals surface area contributed by atoms with E-state index in [4.69, 9.17) is 0 Å². The maximum Gasteiger partial charge on any atom is 0.0573 e. The van der Waals surface area contributed by atoms with E-state index in [9.17, 15) is 0 Å². The summed E-state index contributed by atoms with van der Waals surface area (Å²) in [4.78, 5) is 1.23. The topological polar surface area (TPSA) is 28.7 Å². The zero-order valence-corrected chi connectivity index (χ0v) is 7.95. The maximum atomic E-state index is 3.87. The molecule has 0 bridgehead atoms. The Hall–Kier alpha value is -0.610. The number of thiophene rings is 1. The molecule has 0 unspecified atom stereocenters. The van der Waals surface area contributed by atoms with Gasteiger partial charge in [-0.2, -0.15) is 5.10 Å². The van der Waals surface area contributed by atoms with Crippen LogP contribution < -0.4 is 0 Å². The van der Waals surface area contributed by atoms with Gasteiger partial charge in [-0.3, -0.25) is 5.10 Å². The van der Waals surface area contributed by atoms with Gasteiger partial charge >= 0.3 is 0 Å². The van der Waals surface area contributed by atoms with Crippen LogP contribution in [-0.2, 0) is 0 Å². The van der Waals surface area contributed by atoms with E-state index in [-0.39, 0.29) is 0 Å². The summed E-state index contributed by atoms with van der Waals surface area (Å²) in [6, 6.07) is 2.08. The number of nitrogens with one attached hydrogen (secondary N) is 1. The fourth-order valence-corrected chi connectivity index (χ4v) is 2.26. The molecule has 1 N–H and O–H groups in total. The summed E-state index contributed by atoms with van der Waals surface area (Å²) < 4.78 is 1.12. The summed E-state index contributed by atoms with van der Waals surface area (Å²) in [5.74, 6) is 0. The summed E-state index contributed by atoms with van der Waals surface area (Å²) in [6.07, 6.45) is 3.70. The lowest BCUT2D eigenvalue weighted by molar-refractivity contribution is 1.09. The molecule has 0 aromatic carbocycles. The Morgan fingerprint density at radius 2 is 2.45 bits per heavy atom. The quantitative estimate of drug-likeness (QED) is 0.800. The van der Waals surface area contributed by atoms with E-state index in [1.807, 2.05) is 12.4 Å². The van der Waals surface area contributed by atoms with Crippen LogP contribution >= 0.6 is 27.3 Å². The first-order valence-electron chi connectivity index (χ1n) is 3.09. The molecule has 0 radical (unpaired) electrons. The molecular weight excluding hydrogens is 224 g/mol. The molecule has 2 aromatic heterocycles. The van der Waals surface area contributed by atoms with Gasteiger partial charge in [0.2, 0.25) is 0 Å². The van der Waals surface area contributed by atoms with Crippen LogP contribution in [0.25, 0.3) is 10.4 Å². The number of aromatic amines is 1. The van der Waals surface area contributed by atoms with Crippen molar-refractivity contribution in [2.24, 2.45) is 0 Å². The van der Waals surface area contributed by atoms with Gasteiger partial charge in [0.25, 0.3) is 0 Å². The van der Waals surface area contributed by atoms with Crippen molar-refractivity contribution in [3.63, 3.8) is 0 Å². The zero-order chi connectivity index (χ0) is 7.68. The summed E-state index contributed by atoms with van der Waals surface area (Å²) in [6.45, 7) is 0. The summed E-state index contributed by atoms with van der Waals surface area (Å²) in [5.41, 5.74) is 1.14. The Kier molecular flexibility index (Phi) is 1.79. The van der Waals surface area contributed by atoms with Gasteiger partial charge in [0, 0.05) is 26.5 Å². The largest absolute Gasteiger partial charge is 0.285 e. The normalized spacial score (nSPS) is 10.3. The molecule has 11 heavy (non-hydrogen) atoms. The summed E-state index contributed by atoms with van der Waals surface area (Å²) in [5, 5.41) is 8.71. The van der Waals surface area contributed by atoms with Gasteiger partial charge in [-0.25, -0.2) is 0 Å². The summed E-state index contributed by atoms with van der Waals surface area (Å²) >= 11 is 5.10. The molecule has 0 aliphatic heterocycles. The molecule has 0 saturated carbocycles. The first kappa shape index (κ1) is 7.06. The number of nitrogens with zero attached hydrogens (tertiary/aromatic N) is 1. The van der Waals surface area contributed by atoms with Crippen LogP contribution in [0.15, 0.2) is 28.3 Å². The predicted octanol–water partition coefficient (Wildman–Crippen LogP) is 2.90. The van der Waals surface area contributed by atoms with Crippen molar-refractivity contribution >= 4 is 27.3 Å². The fraction of sp³-hybridized carbons (Fsp3) is 0. The lowest BCUT2D eigenvalue weighted by Gasteiger charge is -1.84. The number of hydrogen-bond acceptors (Lipinski definition) is 2. The average molecular weight is 229 g/mol. The monoisotopic (exact) mass is 228 g/mol. The van der Waals surface area contributed by atoms with Crippen molar-refractivity contribution in [2.45, 2.75) is 0 Å². The van der Waals surface area contributed by atoms with Crippen molar-refractivity contribution in [3.8, 4) is 10.4 Å². The molecular formula is C7H5BrN2S. The molecule has 0 aliphatic carbocycles. The van der Waals surface area contributed by atoms with Crippen molar-refractivity contribution in [2.75, 3.05) is 0 Å². The number of hydrogen-bond donors (Lipinski definition) is 1. The second kappa shape index (κ2) is 2.79. The molecule has 0 saturated heterocycles. The minimum atomic E-state index is 1.12. The minimum absolute atomic E-state index is 1.12. The van der Waals surface area contributed by atoms with E-state index in [1.54, 1.807) is 11.3 Å². The lowest BCUT2D eigenvalue weighted by Crippen LogP contribution is -1.60. The standard InChI is InChI=1S/C7H5BrN2S/c8-6-1-7(11-4-6)5-2-9-10-3-5/h1-4H,(H,9,10). The minimum Gasteiger partial charge on any atom is -0.285 e. The van der Waals surface area contributed by atoms with Crippen molar-refractivity contribution in [3.05, 3.63) is 28.3 Å². The predicted molar refractivity (Wildman–Crippen MR) is 49.6 cm³/mol. The van der Waals surface area contributed by atoms with Gasteiger partial charge in [-0.15, -0.1) is 11.3 Å². The van der Waals surface area contributed by atoms with Crippen LogP contribution in [0.4, 0.5) is 0 Å². The molecule has 0 spiro atoms. The third-order valence-electron chi connectivity index (χ3n) is 1.35. The van der Waals surface area contributed by atoms with Gasteiger partial charge < -0.3 is 0 Å². The van der Waals surface area contributed by atoms with Gasteiger partial charge in [0.1, 0.15) is 0 Å². The van der Waals surface area contributed by atoms with Gasteiger partial charge in [-0.05, 0) is 22.0 Å². The Labute approximate surface area is 76.4 Å². The lowest BCUT2D eigenvalue weighted by atomic mass is 10.3. The Balaban J connectivity index is 2.45. The van der Waals surface area contributed by atoms with Gasteiger partial charge in [-0.1, -0.05) is 0 Å². The van der Waals surface area contributed by atoms with Crippen molar-refractivity contribution < 1.29 is 0 Å². The Morgan fingerprint density at radius 1 is 1.55 bits per heavy atom. The van der Waals surface area contributed by atoms with Crippen LogP contribution in [-0.4, -0.2) is 10.2 Å². The van der Waals surface area contributed by atoms with E-state index in [2.05, 4.69) is 37.6 Å². The highest BCUT2D eigenvalue weighted by Crippen LogP contribution is 2.28. The van der Waals surface area contributed by atoms with E-state index < -0.39 is 0 Å². The van der Waals surface area contributed by atoms with E-state index in [1.165, 1.54) is 4.88 Å². The molecule has 0 atom stereocenters. The third-order valence-corrected chi connectivity index (χ3v) is 3.09. The van der Waals surface area contributed by atoms with Crippen LogP contribution in [0.2, 0.25) is 0 Å². The van der Waals surface area contributed by atoms with E-state index in [0.717, 1.165) is 10.0 Å². The van der Waals surface area contributed by atoms with Gasteiger partial charge in [0.05, 0.1) is 6.20 Å². The number of rotatable bonds is 1. The van der Waals surface area contributed by atoms with Crippen LogP contribution in [0.5, 0.6) is 0 Å². The molecule has 0 fully saturated rings. The molecule has 56 valence electrons. The van der Waals surface area contributed by atoms with Crippen molar-refractivity contribution in [1.82, 2.24) is 10.2 Å². The highest BCUT2D eigenvalue weighted by molar-refractivity contribution is 9.10. The second-order valence-corrected chi connectivity index (χ2v) is 3.94. The molecule has 2 rings (SSSR count). The van der Waals surface area contributed by atoms with Crippen LogP contribution in [0.3, 0.4) is 0 Å². The molecule has 0 amide bonds. The first-order valence-corrected chi connectivity index (χ1v) is 4.77. The van der Waals surface area contributed by atoms with E-state index >= 15 is 0 Å².